The second kappa shape index (κ2) is 8.34. The zero-order chi connectivity index (χ0) is 17.5. The lowest BCUT2D eigenvalue weighted by Crippen LogP contribution is -2.20. The molecule has 5 nitrogen and oxygen atoms in total. The van der Waals surface area contributed by atoms with Crippen LogP contribution in [0.2, 0.25) is 0 Å². The van der Waals surface area contributed by atoms with Crippen LogP contribution in [0.4, 0.5) is 0 Å². The molecular weight excluding hydrogens is 308 g/mol. The summed E-state index contributed by atoms with van der Waals surface area (Å²) < 4.78 is 15.7. The number of esters is 2. The van der Waals surface area contributed by atoms with Crippen LogP contribution in [0.25, 0.3) is 0 Å². The Morgan fingerprint density at radius 3 is 2.62 bits per heavy atom. The summed E-state index contributed by atoms with van der Waals surface area (Å²) in [5, 5.41) is 0. The van der Waals surface area contributed by atoms with E-state index in [4.69, 9.17) is 14.2 Å². The molecular formula is C19H22O5. The predicted octanol–water partition coefficient (Wildman–Crippen LogP) is 3.47. The highest BCUT2D eigenvalue weighted by Crippen LogP contribution is 2.33. The van der Waals surface area contributed by atoms with E-state index >= 15 is 0 Å². The fraction of sp³-hybridized carbons (Fsp3) is 0.368. The Hall–Kier alpha value is -2.56. The van der Waals surface area contributed by atoms with Crippen LogP contribution in [0.15, 0.2) is 54.0 Å². The first-order valence-electron chi connectivity index (χ1n) is 8.02. The molecule has 0 radical (unpaired) electrons. The van der Waals surface area contributed by atoms with Gasteiger partial charge < -0.3 is 14.2 Å². The summed E-state index contributed by atoms with van der Waals surface area (Å²) in [6, 6.07) is 9.73. The molecule has 24 heavy (non-hydrogen) atoms. The Kier molecular flexibility index (Phi) is 6.18. The first-order valence-corrected chi connectivity index (χ1v) is 8.02. The van der Waals surface area contributed by atoms with Crippen LogP contribution < -0.4 is 0 Å². The van der Waals surface area contributed by atoms with Crippen molar-refractivity contribution in [1.29, 1.82) is 0 Å². The van der Waals surface area contributed by atoms with E-state index in [1.807, 2.05) is 30.3 Å². The molecule has 0 saturated heterocycles. The van der Waals surface area contributed by atoms with Gasteiger partial charge in [-0.3, -0.25) is 0 Å². The maximum absolute atomic E-state index is 12.2. The topological polar surface area (TPSA) is 61.8 Å². The van der Waals surface area contributed by atoms with Gasteiger partial charge in [0.25, 0.3) is 0 Å². The van der Waals surface area contributed by atoms with Gasteiger partial charge in [-0.25, -0.2) is 9.59 Å². The van der Waals surface area contributed by atoms with Crippen LogP contribution >= 0.6 is 0 Å². The van der Waals surface area contributed by atoms with Gasteiger partial charge in [-0.15, -0.1) is 0 Å². The van der Waals surface area contributed by atoms with E-state index in [1.54, 1.807) is 26.8 Å². The molecule has 1 heterocycles. The van der Waals surface area contributed by atoms with Crippen molar-refractivity contribution in [3.8, 4) is 0 Å². The highest BCUT2D eigenvalue weighted by atomic mass is 16.6. The van der Waals surface area contributed by atoms with Gasteiger partial charge in [0, 0.05) is 12.3 Å². The summed E-state index contributed by atoms with van der Waals surface area (Å²) in [6.07, 6.45) is 3.25. The van der Waals surface area contributed by atoms with E-state index in [-0.39, 0.29) is 24.4 Å². The number of allylic oxidation sites excluding steroid dienone is 2. The minimum Gasteiger partial charge on any atom is -0.463 e. The molecule has 5 heteroatoms. The second-order valence-electron chi connectivity index (χ2n) is 5.67. The lowest BCUT2D eigenvalue weighted by Gasteiger charge is -2.24. The van der Waals surface area contributed by atoms with Crippen molar-refractivity contribution in [3.63, 3.8) is 0 Å². The average molecular weight is 330 g/mol. The monoisotopic (exact) mass is 330 g/mol. The van der Waals surface area contributed by atoms with Crippen LogP contribution in [0.5, 0.6) is 0 Å². The summed E-state index contributed by atoms with van der Waals surface area (Å²) in [7, 11) is 0. The predicted molar refractivity (Wildman–Crippen MR) is 88.9 cm³/mol. The standard InChI is InChI=1S/C19H22O5/c1-4-22-18(20)12-16-10-15(14-8-6-5-7-9-14)11-17(24-16)19(21)23-13(2)3/h5-9,11-13,15H,4,10H2,1-3H3/b16-12+/t15-/m0/s1. The smallest absolute Gasteiger partial charge is 0.374 e. The van der Waals surface area contributed by atoms with Crippen LogP contribution in [0.3, 0.4) is 0 Å². The van der Waals surface area contributed by atoms with Crippen molar-refractivity contribution in [3.05, 3.63) is 59.6 Å². The average Bonchev–Trinajstić information content (AvgIpc) is 2.55. The summed E-state index contributed by atoms with van der Waals surface area (Å²) in [5.41, 5.74) is 1.03. The van der Waals surface area contributed by atoms with Crippen LogP contribution in [0, 0.1) is 0 Å². The minimum absolute atomic E-state index is 0.0738. The first-order chi connectivity index (χ1) is 11.5. The minimum atomic E-state index is -0.541. The molecule has 1 aromatic carbocycles. The summed E-state index contributed by atoms with van der Waals surface area (Å²) >= 11 is 0. The van der Waals surface area contributed by atoms with Gasteiger partial charge in [-0.05, 0) is 32.4 Å². The van der Waals surface area contributed by atoms with Gasteiger partial charge in [0.15, 0.2) is 0 Å². The lowest BCUT2D eigenvalue weighted by molar-refractivity contribution is -0.146. The van der Waals surface area contributed by atoms with Gasteiger partial charge in [0.2, 0.25) is 5.76 Å². The molecule has 1 aromatic rings. The van der Waals surface area contributed by atoms with Crippen molar-refractivity contribution < 1.29 is 23.8 Å². The molecule has 0 fully saturated rings. The molecule has 0 spiro atoms. The molecule has 0 aromatic heterocycles. The van der Waals surface area contributed by atoms with Crippen molar-refractivity contribution in [2.24, 2.45) is 0 Å². The maximum Gasteiger partial charge on any atom is 0.374 e. The Morgan fingerprint density at radius 2 is 2.00 bits per heavy atom. The maximum atomic E-state index is 12.2. The Morgan fingerprint density at radius 1 is 1.29 bits per heavy atom. The molecule has 0 N–H and O–H groups in total. The number of benzene rings is 1. The van der Waals surface area contributed by atoms with Crippen molar-refractivity contribution in [2.75, 3.05) is 6.61 Å². The normalized spacial score (nSPS) is 18.8. The summed E-state index contributed by atoms with van der Waals surface area (Å²) in [5.74, 6) is -0.617. The molecule has 0 unspecified atom stereocenters. The molecule has 0 aliphatic carbocycles. The number of carbonyl (C=O) groups is 2. The number of ether oxygens (including phenoxy) is 3. The van der Waals surface area contributed by atoms with E-state index < -0.39 is 11.9 Å². The third-order valence-corrected chi connectivity index (χ3v) is 3.35. The van der Waals surface area contributed by atoms with Gasteiger partial charge in [0.1, 0.15) is 5.76 Å². The lowest BCUT2D eigenvalue weighted by atomic mass is 9.92. The Balaban J connectivity index is 2.29. The van der Waals surface area contributed by atoms with Gasteiger partial charge in [-0.2, -0.15) is 0 Å². The van der Waals surface area contributed by atoms with Crippen molar-refractivity contribution in [2.45, 2.75) is 39.2 Å². The number of hydrogen-bond acceptors (Lipinski definition) is 5. The summed E-state index contributed by atoms with van der Waals surface area (Å²) in [6.45, 7) is 5.55. The zero-order valence-electron chi connectivity index (χ0n) is 14.2. The van der Waals surface area contributed by atoms with E-state index in [1.165, 1.54) is 6.08 Å². The molecule has 2 rings (SSSR count). The van der Waals surface area contributed by atoms with Crippen LogP contribution in [-0.2, 0) is 23.8 Å². The van der Waals surface area contributed by atoms with Crippen LogP contribution in [0.1, 0.15) is 38.7 Å². The Labute approximate surface area is 141 Å². The summed E-state index contributed by atoms with van der Waals surface area (Å²) in [4.78, 5) is 23.9. The number of hydrogen-bond donors (Lipinski definition) is 0. The van der Waals surface area contributed by atoms with E-state index in [2.05, 4.69) is 0 Å². The molecule has 1 atom stereocenters. The van der Waals surface area contributed by atoms with Crippen LogP contribution in [-0.4, -0.2) is 24.6 Å². The second-order valence-corrected chi connectivity index (χ2v) is 5.67. The third kappa shape index (κ3) is 4.98. The fourth-order valence-electron chi connectivity index (χ4n) is 2.38. The fourth-order valence-corrected chi connectivity index (χ4v) is 2.38. The van der Waals surface area contributed by atoms with Crippen molar-refractivity contribution in [1.82, 2.24) is 0 Å². The molecule has 0 amide bonds. The number of rotatable bonds is 5. The zero-order valence-corrected chi connectivity index (χ0v) is 14.2. The highest BCUT2D eigenvalue weighted by molar-refractivity contribution is 5.88. The van der Waals surface area contributed by atoms with Crippen molar-refractivity contribution >= 4 is 11.9 Å². The van der Waals surface area contributed by atoms with E-state index in [9.17, 15) is 9.59 Å². The molecule has 1 aliphatic heterocycles. The van der Waals surface area contributed by atoms with Gasteiger partial charge >= 0.3 is 11.9 Å². The number of carbonyl (C=O) groups excluding carboxylic acids is 2. The Bertz CT molecular complexity index is 643. The van der Waals surface area contributed by atoms with E-state index in [0.717, 1.165) is 5.56 Å². The SMILES string of the molecule is CCOC(=O)/C=C1\C[C@H](c2ccccc2)C=C(C(=O)OC(C)C)O1. The third-order valence-electron chi connectivity index (χ3n) is 3.35. The van der Waals surface area contributed by atoms with Gasteiger partial charge in [0.05, 0.1) is 18.8 Å². The quantitative estimate of drug-likeness (QED) is 0.611. The van der Waals surface area contributed by atoms with E-state index in [0.29, 0.717) is 12.2 Å². The highest BCUT2D eigenvalue weighted by Gasteiger charge is 2.26. The molecule has 0 saturated carbocycles. The van der Waals surface area contributed by atoms with Gasteiger partial charge in [-0.1, -0.05) is 30.3 Å². The molecule has 128 valence electrons. The largest absolute Gasteiger partial charge is 0.463 e. The molecule has 0 bridgehead atoms. The first kappa shape index (κ1) is 17.8. The molecule has 1 aliphatic rings.